The van der Waals surface area contributed by atoms with Crippen LogP contribution in [-0.4, -0.2) is 8.42 Å². The summed E-state index contributed by atoms with van der Waals surface area (Å²) in [7, 11) is -3.81. The summed E-state index contributed by atoms with van der Waals surface area (Å²) in [6, 6.07) is 2.14. The van der Waals surface area contributed by atoms with Crippen molar-refractivity contribution in [2.75, 3.05) is 5.73 Å². The standard InChI is InChI=1S/C7H9FN2O2S/c1-4-2-5(13(10,11)12)3-6(9)7(4)8/h2-3H,9H2,1H3,(H2,10,11,12). The first-order valence-electron chi connectivity index (χ1n) is 3.41. The highest BCUT2D eigenvalue weighted by molar-refractivity contribution is 7.89. The third-order valence-corrected chi connectivity index (χ3v) is 2.48. The van der Waals surface area contributed by atoms with Gasteiger partial charge in [0.1, 0.15) is 5.82 Å². The average molecular weight is 204 g/mol. The minimum absolute atomic E-state index is 0.157. The molecular formula is C7H9FN2O2S. The minimum atomic E-state index is -3.81. The third kappa shape index (κ3) is 1.96. The van der Waals surface area contributed by atoms with Gasteiger partial charge in [-0.3, -0.25) is 0 Å². The monoisotopic (exact) mass is 204 g/mol. The lowest BCUT2D eigenvalue weighted by Gasteiger charge is -2.03. The number of sulfonamides is 1. The Balaban J connectivity index is 3.47. The van der Waals surface area contributed by atoms with E-state index in [0.717, 1.165) is 12.1 Å². The molecule has 0 atom stereocenters. The number of aryl methyl sites for hydroxylation is 1. The fourth-order valence-corrected chi connectivity index (χ4v) is 1.56. The van der Waals surface area contributed by atoms with Gasteiger partial charge in [-0.2, -0.15) is 0 Å². The van der Waals surface area contributed by atoms with Gasteiger partial charge in [-0.15, -0.1) is 0 Å². The molecule has 0 saturated carbocycles. The summed E-state index contributed by atoms with van der Waals surface area (Å²) < 4.78 is 34.6. The van der Waals surface area contributed by atoms with Crippen LogP contribution in [0.1, 0.15) is 5.56 Å². The molecule has 0 aliphatic carbocycles. The number of hydrogen-bond donors (Lipinski definition) is 2. The molecule has 0 spiro atoms. The Kier molecular flexibility index (Phi) is 2.27. The van der Waals surface area contributed by atoms with Crippen molar-refractivity contribution in [3.8, 4) is 0 Å². The molecule has 0 heterocycles. The van der Waals surface area contributed by atoms with E-state index in [1.807, 2.05) is 0 Å². The van der Waals surface area contributed by atoms with Gasteiger partial charge in [0.05, 0.1) is 10.6 Å². The van der Waals surface area contributed by atoms with Crippen LogP contribution in [0.15, 0.2) is 17.0 Å². The summed E-state index contributed by atoms with van der Waals surface area (Å²) in [4.78, 5) is -0.177. The van der Waals surface area contributed by atoms with E-state index in [-0.39, 0.29) is 16.1 Å². The van der Waals surface area contributed by atoms with Gasteiger partial charge in [-0.1, -0.05) is 0 Å². The maximum atomic E-state index is 12.9. The summed E-state index contributed by atoms with van der Waals surface area (Å²) in [5.74, 6) is -0.618. The number of anilines is 1. The highest BCUT2D eigenvalue weighted by atomic mass is 32.2. The van der Waals surface area contributed by atoms with Gasteiger partial charge in [0.2, 0.25) is 10.0 Å². The van der Waals surface area contributed by atoms with E-state index in [1.165, 1.54) is 6.92 Å². The number of rotatable bonds is 1. The van der Waals surface area contributed by atoms with Gasteiger partial charge in [-0.25, -0.2) is 17.9 Å². The number of nitrogen functional groups attached to an aromatic ring is 1. The van der Waals surface area contributed by atoms with Crippen LogP contribution in [0.5, 0.6) is 0 Å². The molecule has 0 fully saturated rings. The molecule has 1 rings (SSSR count). The maximum Gasteiger partial charge on any atom is 0.238 e. The SMILES string of the molecule is Cc1cc(S(N)(=O)=O)cc(N)c1F. The van der Waals surface area contributed by atoms with Crippen molar-refractivity contribution in [1.82, 2.24) is 0 Å². The molecule has 72 valence electrons. The Labute approximate surface area is 75.4 Å². The van der Waals surface area contributed by atoms with E-state index in [9.17, 15) is 12.8 Å². The van der Waals surface area contributed by atoms with E-state index < -0.39 is 15.8 Å². The molecule has 1 aromatic rings. The molecule has 4 N–H and O–H groups in total. The van der Waals surface area contributed by atoms with Crippen LogP contribution < -0.4 is 10.9 Å². The molecule has 0 aliphatic rings. The lowest BCUT2D eigenvalue weighted by Crippen LogP contribution is -2.13. The molecule has 0 aliphatic heterocycles. The van der Waals surface area contributed by atoms with Crippen molar-refractivity contribution in [2.45, 2.75) is 11.8 Å². The summed E-state index contributed by atoms with van der Waals surface area (Å²) in [5.41, 5.74) is 5.16. The van der Waals surface area contributed by atoms with Crippen LogP contribution in [0.4, 0.5) is 10.1 Å². The highest BCUT2D eigenvalue weighted by Gasteiger charge is 2.12. The Bertz CT molecular complexity index is 419. The van der Waals surface area contributed by atoms with E-state index in [4.69, 9.17) is 10.9 Å². The zero-order chi connectivity index (χ0) is 10.2. The van der Waals surface area contributed by atoms with Crippen LogP contribution in [0.25, 0.3) is 0 Å². The molecule has 0 aromatic heterocycles. The van der Waals surface area contributed by atoms with Gasteiger partial charge in [0.25, 0.3) is 0 Å². The summed E-state index contributed by atoms with van der Waals surface area (Å²) in [6.45, 7) is 1.42. The number of benzene rings is 1. The molecule has 0 amide bonds. The van der Waals surface area contributed by atoms with Gasteiger partial charge < -0.3 is 5.73 Å². The van der Waals surface area contributed by atoms with Gasteiger partial charge in [0.15, 0.2) is 0 Å². The highest BCUT2D eigenvalue weighted by Crippen LogP contribution is 2.19. The maximum absolute atomic E-state index is 12.9. The van der Waals surface area contributed by atoms with E-state index >= 15 is 0 Å². The quantitative estimate of drug-likeness (QED) is 0.648. The summed E-state index contributed by atoms with van der Waals surface area (Å²) in [6.07, 6.45) is 0. The largest absolute Gasteiger partial charge is 0.396 e. The van der Waals surface area contributed by atoms with E-state index in [1.54, 1.807) is 0 Å². The molecule has 0 radical (unpaired) electrons. The van der Waals surface area contributed by atoms with Crippen molar-refractivity contribution < 1.29 is 12.8 Å². The predicted molar refractivity (Wildman–Crippen MR) is 46.9 cm³/mol. The Morgan fingerprint density at radius 1 is 1.38 bits per heavy atom. The topological polar surface area (TPSA) is 86.2 Å². The molecule has 6 heteroatoms. The van der Waals surface area contributed by atoms with Crippen LogP contribution in [0.2, 0.25) is 0 Å². The third-order valence-electron chi connectivity index (χ3n) is 1.58. The molecule has 1 aromatic carbocycles. The van der Waals surface area contributed by atoms with Crippen LogP contribution >= 0.6 is 0 Å². The Morgan fingerprint density at radius 2 is 1.92 bits per heavy atom. The lowest BCUT2D eigenvalue weighted by molar-refractivity contribution is 0.596. The number of halogens is 1. The summed E-state index contributed by atoms with van der Waals surface area (Å²) in [5, 5.41) is 4.84. The lowest BCUT2D eigenvalue weighted by atomic mass is 10.2. The Morgan fingerprint density at radius 3 is 2.31 bits per heavy atom. The molecular weight excluding hydrogens is 195 g/mol. The van der Waals surface area contributed by atoms with Gasteiger partial charge in [-0.05, 0) is 24.6 Å². The van der Waals surface area contributed by atoms with Crippen molar-refractivity contribution in [2.24, 2.45) is 5.14 Å². The van der Waals surface area contributed by atoms with Crippen LogP contribution in [0.3, 0.4) is 0 Å². The Hall–Kier alpha value is -1.14. The van der Waals surface area contributed by atoms with Gasteiger partial charge >= 0.3 is 0 Å². The predicted octanol–water partition coefficient (Wildman–Crippen LogP) is 0.364. The fraction of sp³-hybridized carbons (Fsp3) is 0.143. The molecule has 0 unspecified atom stereocenters. The second-order valence-corrected chi connectivity index (χ2v) is 4.25. The first-order valence-corrected chi connectivity index (χ1v) is 4.95. The molecule has 13 heavy (non-hydrogen) atoms. The molecule has 4 nitrogen and oxygen atoms in total. The zero-order valence-corrected chi connectivity index (χ0v) is 7.73. The number of nitrogens with two attached hydrogens (primary N) is 2. The van der Waals surface area contributed by atoms with Crippen LogP contribution in [0, 0.1) is 12.7 Å². The van der Waals surface area contributed by atoms with Crippen molar-refractivity contribution in [1.29, 1.82) is 0 Å². The van der Waals surface area contributed by atoms with Crippen LogP contribution in [-0.2, 0) is 10.0 Å². The first kappa shape index (κ1) is 9.94. The molecule has 0 bridgehead atoms. The smallest absolute Gasteiger partial charge is 0.238 e. The first-order chi connectivity index (χ1) is 5.82. The second-order valence-electron chi connectivity index (χ2n) is 2.69. The van der Waals surface area contributed by atoms with Crippen molar-refractivity contribution >= 4 is 15.7 Å². The van der Waals surface area contributed by atoms with E-state index in [0.29, 0.717) is 0 Å². The number of primary sulfonamides is 1. The average Bonchev–Trinajstić information content (AvgIpc) is 1.97. The normalized spacial score (nSPS) is 11.6. The van der Waals surface area contributed by atoms with Gasteiger partial charge in [0, 0.05) is 0 Å². The van der Waals surface area contributed by atoms with Crippen molar-refractivity contribution in [3.05, 3.63) is 23.5 Å². The fourth-order valence-electron chi connectivity index (χ4n) is 0.927. The number of hydrogen-bond acceptors (Lipinski definition) is 3. The molecule has 0 saturated heterocycles. The van der Waals surface area contributed by atoms with E-state index in [2.05, 4.69) is 0 Å². The zero-order valence-electron chi connectivity index (χ0n) is 6.91. The minimum Gasteiger partial charge on any atom is -0.396 e. The van der Waals surface area contributed by atoms with Crippen molar-refractivity contribution in [3.63, 3.8) is 0 Å². The second kappa shape index (κ2) is 2.97. The summed E-state index contributed by atoms with van der Waals surface area (Å²) >= 11 is 0.